The predicted molar refractivity (Wildman–Crippen MR) is 78.8 cm³/mol. The standard InChI is InChI=1S/C15H17NO7/c1-15(2,3)13(17)8-23-14(18)9-6-11-12(22-5-4-21-11)7-10(9)16(19)20/h6-7H,4-5,8H2,1-3H3. The van der Waals surface area contributed by atoms with Crippen LogP contribution in [0.3, 0.4) is 0 Å². The highest BCUT2D eigenvalue weighted by molar-refractivity contribution is 5.96. The number of Topliss-reactive ketones (excluding diaryl/α,β-unsaturated/α-hetero) is 1. The van der Waals surface area contributed by atoms with Crippen LogP contribution in [-0.4, -0.2) is 36.5 Å². The van der Waals surface area contributed by atoms with Gasteiger partial charge in [-0.2, -0.15) is 0 Å². The number of esters is 1. The van der Waals surface area contributed by atoms with Crippen molar-refractivity contribution in [3.8, 4) is 11.5 Å². The van der Waals surface area contributed by atoms with Crippen LogP contribution in [0, 0.1) is 15.5 Å². The van der Waals surface area contributed by atoms with E-state index in [-0.39, 0.29) is 36.1 Å². The normalized spacial score (nSPS) is 13.3. The number of hydrogen-bond acceptors (Lipinski definition) is 7. The van der Waals surface area contributed by atoms with Crippen molar-refractivity contribution in [3.63, 3.8) is 0 Å². The topological polar surface area (TPSA) is 105 Å². The van der Waals surface area contributed by atoms with Gasteiger partial charge in [-0.3, -0.25) is 14.9 Å². The number of hydrogen-bond donors (Lipinski definition) is 0. The smallest absolute Gasteiger partial charge is 0.345 e. The molecule has 0 saturated heterocycles. The SMILES string of the molecule is CC(C)(C)C(=O)COC(=O)c1cc2c(cc1[N+](=O)[O-])OCCO2. The first kappa shape index (κ1) is 16.7. The third-order valence-electron chi connectivity index (χ3n) is 3.25. The van der Waals surface area contributed by atoms with E-state index in [0.717, 1.165) is 6.07 Å². The van der Waals surface area contributed by atoms with E-state index in [9.17, 15) is 19.7 Å². The molecule has 1 aliphatic heterocycles. The summed E-state index contributed by atoms with van der Waals surface area (Å²) in [4.78, 5) is 34.3. The Balaban J connectivity index is 2.25. The lowest BCUT2D eigenvalue weighted by molar-refractivity contribution is -0.385. The minimum atomic E-state index is -0.953. The summed E-state index contributed by atoms with van der Waals surface area (Å²) in [5, 5.41) is 11.1. The summed E-state index contributed by atoms with van der Waals surface area (Å²) in [5.41, 5.74) is -1.40. The highest BCUT2D eigenvalue weighted by Crippen LogP contribution is 2.36. The molecule has 0 atom stereocenters. The van der Waals surface area contributed by atoms with Gasteiger partial charge >= 0.3 is 5.97 Å². The summed E-state index contributed by atoms with van der Waals surface area (Å²) in [6.07, 6.45) is 0. The zero-order chi connectivity index (χ0) is 17.2. The van der Waals surface area contributed by atoms with Gasteiger partial charge in [0.15, 0.2) is 23.9 Å². The second kappa shape index (κ2) is 6.23. The number of rotatable bonds is 4. The van der Waals surface area contributed by atoms with Gasteiger partial charge < -0.3 is 14.2 Å². The molecule has 2 rings (SSSR count). The lowest BCUT2D eigenvalue weighted by Gasteiger charge is -2.19. The minimum Gasteiger partial charge on any atom is -0.486 e. The van der Waals surface area contributed by atoms with E-state index in [0.29, 0.717) is 0 Å². The maximum absolute atomic E-state index is 12.1. The summed E-state index contributed by atoms with van der Waals surface area (Å²) in [7, 11) is 0. The lowest BCUT2D eigenvalue weighted by atomic mass is 9.91. The van der Waals surface area contributed by atoms with Crippen LogP contribution in [0.4, 0.5) is 5.69 Å². The van der Waals surface area contributed by atoms with Gasteiger partial charge in [0, 0.05) is 11.5 Å². The zero-order valence-corrected chi connectivity index (χ0v) is 13.1. The van der Waals surface area contributed by atoms with Crippen LogP contribution in [0.15, 0.2) is 12.1 Å². The Kier molecular flexibility index (Phi) is 4.53. The third kappa shape index (κ3) is 3.77. The summed E-state index contributed by atoms with van der Waals surface area (Å²) in [6.45, 7) is 5.17. The van der Waals surface area contributed by atoms with Gasteiger partial charge in [0.25, 0.3) is 5.69 Å². The van der Waals surface area contributed by atoms with Crippen LogP contribution in [0.2, 0.25) is 0 Å². The molecule has 0 aliphatic carbocycles. The summed E-state index contributed by atoms with van der Waals surface area (Å²) in [6, 6.07) is 2.33. The molecule has 0 amide bonds. The first-order valence-electron chi connectivity index (χ1n) is 6.98. The van der Waals surface area contributed by atoms with Crippen LogP contribution < -0.4 is 9.47 Å². The Morgan fingerprint density at radius 2 is 1.78 bits per heavy atom. The highest BCUT2D eigenvalue weighted by atomic mass is 16.6. The highest BCUT2D eigenvalue weighted by Gasteiger charge is 2.29. The average molecular weight is 323 g/mol. The summed E-state index contributed by atoms with van der Waals surface area (Å²) in [5.74, 6) is -0.807. The molecule has 1 aromatic carbocycles. The molecular weight excluding hydrogens is 306 g/mol. The van der Waals surface area contributed by atoms with Crippen LogP contribution in [0.5, 0.6) is 11.5 Å². The molecular formula is C15H17NO7. The fourth-order valence-electron chi connectivity index (χ4n) is 1.82. The third-order valence-corrected chi connectivity index (χ3v) is 3.25. The first-order chi connectivity index (χ1) is 10.7. The molecule has 1 aliphatic rings. The molecule has 8 heteroatoms. The number of carbonyl (C=O) groups excluding carboxylic acids is 2. The van der Waals surface area contributed by atoms with Crippen molar-refractivity contribution in [3.05, 3.63) is 27.8 Å². The number of nitro benzene ring substituents is 1. The number of carbonyl (C=O) groups is 2. The van der Waals surface area contributed by atoms with Gasteiger partial charge in [0.05, 0.1) is 11.0 Å². The van der Waals surface area contributed by atoms with Crippen LogP contribution in [0.1, 0.15) is 31.1 Å². The van der Waals surface area contributed by atoms with E-state index in [1.54, 1.807) is 20.8 Å². The van der Waals surface area contributed by atoms with Crippen molar-refractivity contribution in [2.24, 2.45) is 5.41 Å². The van der Waals surface area contributed by atoms with Gasteiger partial charge in [-0.25, -0.2) is 4.79 Å². The summed E-state index contributed by atoms with van der Waals surface area (Å²) >= 11 is 0. The quantitative estimate of drug-likeness (QED) is 0.475. The van der Waals surface area contributed by atoms with Crippen LogP contribution in [-0.2, 0) is 9.53 Å². The van der Waals surface area contributed by atoms with Gasteiger partial charge in [-0.05, 0) is 0 Å². The Labute approximate surface area is 132 Å². The molecule has 0 spiro atoms. The molecule has 0 saturated carbocycles. The molecule has 0 fully saturated rings. The fourth-order valence-corrected chi connectivity index (χ4v) is 1.82. The maximum Gasteiger partial charge on any atom is 0.345 e. The Morgan fingerprint density at radius 3 is 2.30 bits per heavy atom. The van der Waals surface area contributed by atoms with Crippen LogP contribution in [0.25, 0.3) is 0 Å². The first-order valence-corrected chi connectivity index (χ1v) is 6.98. The molecule has 0 radical (unpaired) electrons. The number of ketones is 1. The zero-order valence-electron chi connectivity index (χ0n) is 13.1. The van der Waals surface area contributed by atoms with E-state index >= 15 is 0 Å². The van der Waals surface area contributed by atoms with Crippen molar-refractivity contribution in [2.75, 3.05) is 19.8 Å². The minimum absolute atomic E-state index is 0.199. The lowest BCUT2D eigenvalue weighted by Crippen LogP contribution is -2.26. The van der Waals surface area contributed by atoms with Gasteiger partial charge in [0.1, 0.15) is 18.8 Å². The van der Waals surface area contributed by atoms with E-state index in [2.05, 4.69) is 0 Å². The molecule has 124 valence electrons. The average Bonchev–Trinajstić information content (AvgIpc) is 2.49. The second-order valence-corrected chi connectivity index (χ2v) is 6.02. The number of nitro groups is 1. The van der Waals surface area contributed by atoms with Crippen molar-refractivity contribution in [1.29, 1.82) is 0 Å². The van der Waals surface area contributed by atoms with Crippen molar-refractivity contribution in [2.45, 2.75) is 20.8 Å². The second-order valence-electron chi connectivity index (χ2n) is 6.02. The van der Waals surface area contributed by atoms with Crippen molar-refractivity contribution < 1.29 is 28.7 Å². The van der Waals surface area contributed by atoms with E-state index in [4.69, 9.17) is 14.2 Å². The molecule has 0 bridgehead atoms. The van der Waals surface area contributed by atoms with Gasteiger partial charge in [0.2, 0.25) is 0 Å². The van der Waals surface area contributed by atoms with E-state index in [1.807, 2.05) is 0 Å². The fraction of sp³-hybridized carbons (Fsp3) is 0.467. The number of fused-ring (bicyclic) bond motifs is 1. The molecule has 1 heterocycles. The monoisotopic (exact) mass is 323 g/mol. The molecule has 0 aromatic heterocycles. The summed E-state index contributed by atoms with van der Waals surface area (Å²) < 4.78 is 15.5. The number of nitrogens with zero attached hydrogens (tertiary/aromatic N) is 1. The van der Waals surface area contributed by atoms with Crippen molar-refractivity contribution >= 4 is 17.4 Å². The maximum atomic E-state index is 12.1. The van der Waals surface area contributed by atoms with E-state index < -0.39 is 28.6 Å². The van der Waals surface area contributed by atoms with Gasteiger partial charge in [-0.15, -0.1) is 0 Å². The van der Waals surface area contributed by atoms with Gasteiger partial charge in [-0.1, -0.05) is 20.8 Å². The molecule has 23 heavy (non-hydrogen) atoms. The largest absolute Gasteiger partial charge is 0.486 e. The number of benzene rings is 1. The number of ether oxygens (including phenoxy) is 3. The molecule has 0 N–H and O–H groups in total. The Hall–Kier alpha value is -2.64. The molecule has 0 unspecified atom stereocenters. The van der Waals surface area contributed by atoms with Crippen molar-refractivity contribution in [1.82, 2.24) is 0 Å². The van der Waals surface area contributed by atoms with Crippen LogP contribution >= 0.6 is 0 Å². The predicted octanol–water partition coefficient (Wildman–Crippen LogP) is 2.14. The van der Waals surface area contributed by atoms with E-state index in [1.165, 1.54) is 6.07 Å². The molecule has 8 nitrogen and oxygen atoms in total. The Bertz CT molecular complexity index is 661. The molecule has 1 aromatic rings. The Morgan fingerprint density at radius 1 is 1.22 bits per heavy atom.